The zero-order chi connectivity index (χ0) is 17.3. The van der Waals surface area contributed by atoms with E-state index in [0.717, 1.165) is 42.9 Å². The van der Waals surface area contributed by atoms with Crippen LogP contribution in [0.2, 0.25) is 0 Å². The molecule has 0 saturated carbocycles. The summed E-state index contributed by atoms with van der Waals surface area (Å²) in [6.07, 6.45) is 1.85. The van der Waals surface area contributed by atoms with Gasteiger partial charge in [-0.05, 0) is 53.0 Å². The normalized spacial score (nSPS) is 13.8. The number of nitrogens with two attached hydrogens (primary N) is 1. The Hall–Kier alpha value is -1.35. The molecule has 3 rings (SSSR count). The molecule has 0 radical (unpaired) electrons. The molecule has 0 spiro atoms. The van der Waals surface area contributed by atoms with E-state index in [1.165, 1.54) is 11.3 Å². The van der Waals surface area contributed by atoms with Gasteiger partial charge >= 0.3 is 0 Å². The zero-order valence-corrected chi connectivity index (χ0v) is 16.9. The van der Waals surface area contributed by atoms with E-state index in [2.05, 4.69) is 33.1 Å². The number of carbonyl (C=O) groups is 2. The summed E-state index contributed by atoms with van der Waals surface area (Å²) in [6.45, 7) is 4.85. The van der Waals surface area contributed by atoms with Crippen molar-refractivity contribution in [1.82, 2.24) is 4.90 Å². The number of halogens is 2. The third-order valence-corrected chi connectivity index (χ3v) is 5.50. The van der Waals surface area contributed by atoms with Gasteiger partial charge < -0.3 is 15.5 Å². The Balaban J connectivity index is 0.00000225. The lowest BCUT2D eigenvalue weighted by Gasteiger charge is -2.26. The second-order valence-corrected chi connectivity index (χ2v) is 7.54. The van der Waals surface area contributed by atoms with Gasteiger partial charge in [-0.15, -0.1) is 23.7 Å². The van der Waals surface area contributed by atoms with Crippen LogP contribution < -0.4 is 11.1 Å². The SMILES string of the molecule is CCCN1CCc2c(sc(NC(=O)c3ccc(Br)o3)c2C(N)=O)C1.Cl. The van der Waals surface area contributed by atoms with Gasteiger partial charge in [0.25, 0.3) is 11.8 Å². The Morgan fingerprint density at radius 2 is 2.20 bits per heavy atom. The molecule has 136 valence electrons. The lowest BCUT2D eigenvalue weighted by atomic mass is 10.0. The van der Waals surface area contributed by atoms with Crippen molar-refractivity contribution >= 4 is 56.5 Å². The molecule has 0 unspecified atom stereocenters. The summed E-state index contributed by atoms with van der Waals surface area (Å²) in [5, 5.41) is 3.27. The molecule has 1 aliphatic heterocycles. The van der Waals surface area contributed by atoms with Gasteiger partial charge in [0.1, 0.15) is 5.00 Å². The molecule has 3 N–H and O–H groups in total. The number of primary amides is 1. The Bertz CT molecular complexity index is 790. The average molecular weight is 449 g/mol. The highest BCUT2D eigenvalue weighted by Crippen LogP contribution is 2.37. The second kappa shape index (κ2) is 8.35. The molecule has 2 aromatic heterocycles. The minimum atomic E-state index is -0.507. The van der Waals surface area contributed by atoms with Gasteiger partial charge in [-0.2, -0.15) is 0 Å². The van der Waals surface area contributed by atoms with Crippen molar-refractivity contribution in [1.29, 1.82) is 0 Å². The van der Waals surface area contributed by atoms with Crippen molar-refractivity contribution in [3.63, 3.8) is 0 Å². The zero-order valence-electron chi connectivity index (χ0n) is 13.6. The van der Waals surface area contributed by atoms with Crippen LogP contribution in [-0.2, 0) is 13.0 Å². The van der Waals surface area contributed by atoms with E-state index in [9.17, 15) is 9.59 Å². The molecule has 9 heteroatoms. The number of anilines is 1. The topological polar surface area (TPSA) is 88.6 Å². The maximum absolute atomic E-state index is 12.3. The van der Waals surface area contributed by atoms with Gasteiger partial charge in [0.15, 0.2) is 10.4 Å². The molecule has 0 aromatic carbocycles. The van der Waals surface area contributed by atoms with E-state index in [1.54, 1.807) is 12.1 Å². The van der Waals surface area contributed by atoms with Gasteiger partial charge in [0.05, 0.1) is 5.56 Å². The minimum absolute atomic E-state index is 0. The van der Waals surface area contributed by atoms with Crippen LogP contribution in [0.4, 0.5) is 5.00 Å². The fourth-order valence-electron chi connectivity index (χ4n) is 2.91. The Morgan fingerprint density at radius 3 is 2.80 bits per heavy atom. The summed E-state index contributed by atoms with van der Waals surface area (Å²) >= 11 is 4.59. The van der Waals surface area contributed by atoms with Crippen LogP contribution in [0.3, 0.4) is 0 Å². The van der Waals surface area contributed by atoms with Crippen LogP contribution in [-0.4, -0.2) is 29.8 Å². The summed E-state index contributed by atoms with van der Waals surface area (Å²) < 4.78 is 5.73. The van der Waals surface area contributed by atoms with Crippen molar-refractivity contribution < 1.29 is 14.0 Å². The molecule has 0 fully saturated rings. The number of thiophene rings is 1. The minimum Gasteiger partial charge on any atom is -0.444 e. The van der Waals surface area contributed by atoms with Gasteiger partial charge in [0, 0.05) is 18.0 Å². The van der Waals surface area contributed by atoms with Gasteiger partial charge in [-0.25, -0.2) is 0 Å². The number of fused-ring (bicyclic) bond motifs is 1. The van der Waals surface area contributed by atoms with E-state index in [1.807, 2.05) is 0 Å². The Kier molecular flexibility index (Phi) is 6.67. The first-order valence-electron chi connectivity index (χ1n) is 7.73. The number of nitrogens with one attached hydrogen (secondary N) is 1. The van der Waals surface area contributed by atoms with Crippen LogP contribution in [0.25, 0.3) is 0 Å². The van der Waals surface area contributed by atoms with Crippen LogP contribution in [0, 0.1) is 0 Å². The first-order valence-corrected chi connectivity index (χ1v) is 9.34. The summed E-state index contributed by atoms with van der Waals surface area (Å²) in [6, 6.07) is 3.21. The predicted octanol–water partition coefficient (Wildman–Crippen LogP) is 3.64. The summed E-state index contributed by atoms with van der Waals surface area (Å²) in [4.78, 5) is 27.7. The van der Waals surface area contributed by atoms with Crippen LogP contribution >= 0.6 is 39.7 Å². The molecular weight excluding hydrogens is 430 g/mol. The standard InChI is InChI=1S/C16H18BrN3O3S.ClH/c1-2-6-20-7-5-9-11(8-20)24-16(13(9)14(18)21)19-15(22)10-3-4-12(17)23-10;/h3-4H,2,5-8H2,1H3,(H2,18,21)(H,19,22);1H. The predicted molar refractivity (Wildman–Crippen MR) is 104 cm³/mol. The molecule has 0 atom stereocenters. The van der Waals surface area contributed by atoms with E-state index < -0.39 is 11.8 Å². The van der Waals surface area contributed by atoms with Crippen molar-refractivity contribution in [2.75, 3.05) is 18.4 Å². The highest BCUT2D eigenvalue weighted by atomic mass is 79.9. The molecule has 1 aliphatic rings. The largest absolute Gasteiger partial charge is 0.444 e. The first kappa shape index (κ1) is 20.0. The number of carbonyl (C=O) groups excluding carboxylic acids is 2. The lowest BCUT2D eigenvalue weighted by molar-refractivity contribution is 0.0996. The van der Waals surface area contributed by atoms with Crippen molar-refractivity contribution in [2.45, 2.75) is 26.3 Å². The number of rotatable bonds is 5. The molecular formula is C16H19BrClN3O3S. The molecule has 0 bridgehead atoms. The number of furan rings is 1. The number of hydrogen-bond acceptors (Lipinski definition) is 5. The van der Waals surface area contributed by atoms with Crippen molar-refractivity contribution in [3.05, 3.63) is 38.6 Å². The van der Waals surface area contributed by atoms with Crippen molar-refractivity contribution in [2.24, 2.45) is 5.73 Å². The number of hydrogen-bond donors (Lipinski definition) is 2. The summed E-state index contributed by atoms with van der Waals surface area (Å²) in [5.74, 6) is -0.726. The maximum atomic E-state index is 12.3. The van der Waals surface area contributed by atoms with Gasteiger partial charge in [-0.3, -0.25) is 14.5 Å². The smallest absolute Gasteiger partial charge is 0.292 e. The van der Waals surface area contributed by atoms with E-state index in [4.69, 9.17) is 10.2 Å². The molecule has 0 saturated heterocycles. The summed E-state index contributed by atoms with van der Waals surface area (Å²) in [5.41, 5.74) is 6.97. The average Bonchev–Trinajstić information content (AvgIpc) is 3.10. The van der Waals surface area contributed by atoms with Crippen LogP contribution in [0.15, 0.2) is 21.2 Å². The van der Waals surface area contributed by atoms with E-state index >= 15 is 0 Å². The maximum Gasteiger partial charge on any atom is 0.292 e. The first-order chi connectivity index (χ1) is 11.5. The van der Waals surface area contributed by atoms with Crippen molar-refractivity contribution in [3.8, 4) is 0 Å². The molecule has 3 heterocycles. The van der Waals surface area contributed by atoms with Crippen LogP contribution in [0.5, 0.6) is 0 Å². The highest BCUT2D eigenvalue weighted by Gasteiger charge is 2.28. The number of amides is 2. The fraction of sp³-hybridized carbons (Fsp3) is 0.375. The molecule has 2 aromatic rings. The third-order valence-electron chi connectivity index (χ3n) is 3.95. The number of nitrogens with zero attached hydrogens (tertiary/aromatic N) is 1. The lowest BCUT2D eigenvalue weighted by Crippen LogP contribution is -2.31. The third kappa shape index (κ3) is 4.25. The molecule has 2 amide bonds. The molecule has 25 heavy (non-hydrogen) atoms. The van der Waals surface area contributed by atoms with Gasteiger partial charge in [-0.1, -0.05) is 6.92 Å². The second-order valence-electron chi connectivity index (χ2n) is 5.66. The van der Waals surface area contributed by atoms with E-state index in [0.29, 0.717) is 15.2 Å². The summed E-state index contributed by atoms with van der Waals surface area (Å²) in [7, 11) is 0. The quantitative estimate of drug-likeness (QED) is 0.731. The van der Waals surface area contributed by atoms with Crippen LogP contribution in [0.1, 0.15) is 44.7 Å². The molecule has 6 nitrogen and oxygen atoms in total. The highest BCUT2D eigenvalue weighted by molar-refractivity contribution is 9.10. The van der Waals surface area contributed by atoms with Gasteiger partial charge in [0.2, 0.25) is 0 Å². The van der Waals surface area contributed by atoms with E-state index in [-0.39, 0.29) is 18.2 Å². The monoisotopic (exact) mass is 447 g/mol. The Labute approximate surface area is 164 Å². The Morgan fingerprint density at radius 1 is 1.44 bits per heavy atom. The molecule has 0 aliphatic carbocycles. The fourth-order valence-corrected chi connectivity index (χ4v) is 4.51.